The lowest BCUT2D eigenvalue weighted by molar-refractivity contribution is 0.0994. The Morgan fingerprint density at radius 1 is 1.35 bits per heavy atom. The maximum atomic E-state index is 11.3. The minimum absolute atomic E-state index is 0.349. The van der Waals surface area contributed by atoms with E-state index in [0.717, 1.165) is 51.4 Å². The number of carbonyl (C=O) groups is 1. The molecule has 0 saturated heterocycles. The standard InChI is InChI=1S/C14H24N4O2/c1-11(2)17-5-3-7-20-8-4-6-18-12(10-17)9-13(16-18)14(15)19/h9,11H,3-8,10H2,1-2H3,(H2,15,19). The highest BCUT2D eigenvalue weighted by Gasteiger charge is 2.17. The topological polar surface area (TPSA) is 73.4 Å². The average Bonchev–Trinajstić information content (AvgIpc) is 2.77. The molecule has 0 fully saturated rings. The molecule has 112 valence electrons. The molecule has 1 aromatic rings. The van der Waals surface area contributed by atoms with Crippen LogP contribution in [0.25, 0.3) is 0 Å². The molecule has 0 aliphatic carbocycles. The van der Waals surface area contributed by atoms with Crippen LogP contribution in [0.3, 0.4) is 0 Å². The number of nitrogens with zero attached hydrogens (tertiary/aromatic N) is 3. The third-order valence-corrected chi connectivity index (χ3v) is 3.60. The zero-order valence-electron chi connectivity index (χ0n) is 12.3. The summed E-state index contributed by atoms with van der Waals surface area (Å²) in [6.07, 6.45) is 1.92. The van der Waals surface area contributed by atoms with E-state index in [1.165, 1.54) is 0 Å². The Hall–Kier alpha value is -1.40. The average molecular weight is 280 g/mol. The largest absolute Gasteiger partial charge is 0.381 e. The summed E-state index contributed by atoms with van der Waals surface area (Å²) in [6, 6.07) is 2.26. The molecule has 0 radical (unpaired) electrons. The highest BCUT2D eigenvalue weighted by Crippen LogP contribution is 2.13. The van der Waals surface area contributed by atoms with E-state index in [1.807, 2.05) is 10.7 Å². The Morgan fingerprint density at radius 2 is 2.05 bits per heavy atom. The SMILES string of the molecule is CC(C)N1CCCOCCCn2nc(C(N)=O)cc2C1. The summed E-state index contributed by atoms with van der Waals surface area (Å²) in [4.78, 5) is 13.7. The van der Waals surface area contributed by atoms with Crippen LogP contribution in [0.2, 0.25) is 0 Å². The number of primary amides is 1. The lowest BCUT2D eigenvalue weighted by atomic mass is 10.2. The maximum absolute atomic E-state index is 11.3. The molecule has 6 nitrogen and oxygen atoms in total. The third-order valence-electron chi connectivity index (χ3n) is 3.60. The second-order valence-corrected chi connectivity index (χ2v) is 5.49. The van der Waals surface area contributed by atoms with Crippen molar-refractivity contribution in [1.82, 2.24) is 14.7 Å². The molecule has 20 heavy (non-hydrogen) atoms. The summed E-state index contributed by atoms with van der Waals surface area (Å²) < 4.78 is 7.50. The molecular weight excluding hydrogens is 256 g/mol. The van der Waals surface area contributed by atoms with Gasteiger partial charge in [-0.1, -0.05) is 0 Å². The number of carbonyl (C=O) groups excluding carboxylic acids is 1. The van der Waals surface area contributed by atoms with Gasteiger partial charge in [0, 0.05) is 38.9 Å². The zero-order chi connectivity index (χ0) is 14.5. The molecule has 2 rings (SSSR count). The van der Waals surface area contributed by atoms with Crippen molar-refractivity contribution in [3.63, 3.8) is 0 Å². The molecule has 0 unspecified atom stereocenters. The monoisotopic (exact) mass is 280 g/mol. The second-order valence-electron chi connectivity index (χ2n) is 5.49. The van der Waals surface area contributed by atoms with Crippen molar-refractivity contribution in [2.45, 2.75) is 45.8 Å². The van der Waals surface area contributed by atoms with Gasteiger partial charge >= 0.3 is 0 Å². The number of amides is 1. The van der Waals surface area contributed by atoms with E-state index in [4.69, 9.17) is 10.5 Å². The van der Waals surface area contributed by atoms with E-state index in [0.29, 0.717) is 11.7 Å². The number of ether oxygens (including phenoxy) is 1. The Labute approximate surface area is 119 Å². The van der Waals surface area contributed by atoms with Gasteiger partial charge in [-0.25, -0.2) is 0 Å². The molecule has 1 aliphatic rings. The molecule has 0 spiro atoms. The van der Waals surface area contributed by atoms with E-state index < -0.39 is 5.91 Å². The van der Waals surface area contributed by atoms with E-state index in [2.05, 4.69) is 23.8 Å². The van der Waals surface area contributed by atoms with Crippen LogP contribution < -0.4 is 5.73 Å². The molecule has 1 amide bonds. The summed E-state index contributed by atoms with van der Waals surface area (Å²) in [5.74, 6) is -0.468. The summed E-state index contributed by atoms with van der Waals surface area (Å²) in [7, 11) is 0. The first-order valence-electron chi connectivity index (χ1n) is 7.26. The molecule has 0 atom stereocenters. The molecule has 2 N–H and O–H groups in total. The van der Waals surface area contributed by atoms with E-state index >= 15 is 0 Å². The Kier molecular flexibility index (Phi) is 5.14. The lowest BCUT2D eigenvalue weighted by Crippen LogP contribution is -2.32. The predicted molar refractivity (Wildman–Crippen MR) is 76.3 cm³/mol. The van der Waals surface area contributed by atoms with Crippen molar-refractivity contribution < 1.29 is 9.53 Å². The number of hydrogen-bond acceptors (Lipinski definition) is 4. The highest BCUT2D eigenvalue weighted by atomic mass is 16.5. The maximum Gasteiger partial charge on any atom is 0.269 e. The van der Waals surface area contributed by atoms with Crippen molar-refractivity contribution >= 4 is 5.91 Å². The molecule has 0 bridgehead atoms. The molecule has 1 aromatic heterocycles. The van der Waals surface area contributed by atoms with Crippen molar-refractivity contribution in [3.8, 4) is 0 Å². The summed E-state index contributed by atoms with van der Waals surface area (Å²) in [5, 5.41) is 4.31. The van der Waals surface area contributed by atoms with Crippen LogP contribution in [-0.4, -0.2) is 46.4 Å². The molecule has 0 aromatic carbocycles. The van der Waals surface area contributed by atoms with Crippen molar-refractivity contribution in [2.75, 3.05) is 19.8 Å². The van der Waals surface area contributed by atoms with Crippen LogP contribution in [0.15, 0.2) is 6.07 Å². The first kappa shape index (κ1) is 15.0. The molecule has 1 aliphatic heterocycles. The van der Waals surface area contributed by atoms with Gasteiger partial charge in [0.25, 0.3) is 5.91 Å². The van der Waals surface area contributed by atoms with Gasteiger partial charge < -0.3 is 10.5 Å². The zero-order valence-corrected chi connectivity index (χ0v) is 12.3. The highest BCUT2D eigenvalue weighted by molar-refractivity contribution is 5.90. The predicted octanol–water partition coefficient (Wildman–Crippen LogP) is 1.00. The molecule has 0 saturated carbocycles. The smallest absolute Gasteiger partial charge is 0.269 e. The summed E-state index contributed by atoms with van der Waals surface area (Å²) in [6.45, 7) is 8.42. The van der Waals surface area contributed by atoms with Gasteiger partial charge in [-0.2, -0.15) is 5.10 Å². The Morgan fingerprint density at radius 3 is 2.70 bits per heavy atom. The van der Waals surface area contributed by atoms with Gasteiger partial charge in [0.2, 0.25) is 0 Å². The van der Waals surface area contributed by atoms with Crippen LogP contribution in [0.4, 0.5) is 0 Å². The number of aryl methyl sites for hydroxylation is 1. The third kappa shape index (κ3) is 3.80. The van der Waals surface area contributed by atoms with Crippen molar-refractivity contribution in [1.29, 1.82) is 0 Å². The van der Waals surface area contributed by atoms with Crippen molar-refractivity contribution in [2.24, 2.45) is 5.73 Å². The van der Waals surface area contributed by atoms with Gasteiger partial charge in [-0.15, -0.1) is 0 Å². The fraction of sp³-hybridized carbons (Fsp3) is 0.714. The number of fused-ring (bicyclic) bond motifs is 1. The first-order chi connectivity index (χ1) is 9.58. The van der Waals surface area contributed by atoms with Gasteiger partial charge in [-0.3, -0.25) is 14.4 Å². The minimum atomic E-state index is -0.468. The van der Waals surface area contributed by atoms with Gasteiger partial charge in [0.1, 0.15) is 5.69 Å². The van der Waals surface area contributed by atoms with Crippen LogP contribution in [0.5, 0.6) is 0 Å². The first-order valence-corrected chi connectivity index (χ1v) is 7.26. The van der Waals surface area contributed by atoms with E-state index in [9.17, 15) is 4.79 Å². The normalized spacial score (nSPS) is 18.6. The Balaban J connectivity index is 2.23. The van der Waals surface area contributed by atoms with Crippen molar-refractivity contribution in [3.05, 3.63) is 17.5 Å². The fourth-order valence-corrected chi connectivity index (χ4v) is 2.41. The number of nitrogens with two attached hydrogens (primary N) is 1. The van der Waals surface area contributed by atoms with Gasteiger partial charge in [0.15, 0.2) is 0 Å². The molecular formula is C14H24N4O2. The van der Waals surface area contributed by atoms with Crippen LogP contribution >= 0.6 is 0 Å². The van der Waals surface area contributed by atoms with Crippen LogP contribution in [0.1, 0.15) is 42.9 Å². The van der Waals surface area contributed by atoms with Crippen LogP contribution in [-0.2, 0) is 17.8 Å². The number of aromatic nitrogens is 2. The van der Waals surface area contributed by atoms with E-state index in [-0.39, 0.29) is 0 Å². The molecule has 2 heterocycles. The minimum Gasteiger partial charge on any atom is -0.381 e. The number of rotatable bonds is 2. The quantitative estimate of drug-likeness (QED) is 0.877. The molecule has 6 heteroatoms. The van der Waals surface area contributed by atoms with E-state index in [1.54, 1.807) is 0 Å². The Bertz CT molecular complexity index is 456. The van der Waals surface area contributed by atoms with Crippen LogP contribution in [0, 0.1) is 0 Å². The fourth-order valence-electron chi connectivity index (χ4n) is 2.41. The summed E-state index contributed by atoms with van der Waals surface area (Å²) >= 11 is 0. The van der Waals surface area contributed by atoms with Gasteiger partial charge in [-0.05, 0) is 32.8 Å². The second kappa shape index (κ2) is 6.85. The number of hydrogen-bond donors (Lipinski definition) is 1. The lowest BCUT2D eigenvalue weighted by Gasteiger charge is -2.26. The van der Waals surface area contributed by atoms with Gasteiger partial charge in [0.05, 0.1) is 5.69 Å². The summed E-state index contributed by atoms with van der Waals surface area (Å²) in [5.41, 5.74) is 6.73.